The van der Waals surface area contributed by atoms with Gasteiger partial charge in [0.15, 0.2) is 5.96 Å². The molecule has 2 aliphatic rings. The van der Waals surface area contributed by atoms with Crippen LogP contribution in [0.3, 0.4) is 0 Å². The van der Waals surface area contributed by atoms with Crippen molar-refractivity contribution in [1.29, 1.82) is 0 Å². The van der Waals surface area contributed by atoms with Crippen LogP contribution in [-0.2, 0) is 6.54 Å². The highest BCUT2D eigenvalue weighted by atomic mass is 32.1. The lowest BCUT2D eigenvalue weighted by Crippen LogP contribution is -2.41. The zero-order chi connectivity index (χ0) is 15.2. The van der Waals surface area contributed by atoms with Crippen molar-refractivity contribution in [2.75, 3.05) is 32.7 Å². The molecule has 3 heterocycles. The molecule has 4 nitrogen and oxygen atoms in total. The van der Waals surface area contributed by atoms with Crippen molar-refractivity contribution in [3.63, 3.8) is 0 Å². The number of piperidine rings is 2. The van der Waals surface area contributed by atoms with E-state index in [4.69, 9.17) is 10.7 Å². The summed E-state index contributed by atoms with van der Waals surface area (Å²) in [5.74, 6) is 1.44. The number of guanidine groups is 1. The Labute approximate surface area is 138 Å². The molecule has 5 heteroatoms. The van der Waals surface area contributed by atoms with Crippen molar-refractivity contribution in [3.05, 3.63) is 22.4 Å². The molecule has 122 valence electrons. The molecule has 2 N–H and O–H groups in total. The van der Waals surface area contributed by atoms with Gasteiger partial charge >= 0.3 is 0 Å². The Balaban J connectivity index is 1.47. The molecule has 0 bridgehead atoms. The molecule has 22 heavy (non-hydrogen) atoms. The molecule has 2 fully saturated rings. The van der Waals surface area contributed by atoms with Gasteiger partial charge < -0.3 is 10.6 Å². The maximum Gasteiger partial charge on any atom is 0.191 e. The van der Waals surface area contributed by atoms with E-state index in [-0.39, 0.29) is 0 Å². The van der Waals surface area contributed by atoms with Crippen LogP contribution in [-0.4, -0.2) is 48.5 Å². The maximum atomic E-state index is 6.17. The second kappa shape index (κ2) is 7.97. The summed E-state index contributed by atoms with van der Waals surface area (Å²) in [7, 11) is 0. The van der Waals surface area contributed by atoms with Gasteiger partial charge in [-0.2, -0.15) is 0 Å². The predicted molar refractivity (Wildman–Crippen MR) is 94.2 cm³/mol. The first-order chi connectivity index (χ1) is 10.8. The van der Waals surface area contributed by atoms with E-state index in [9.17, 15) is 0 Å². The minimum atomic E-state index is 0.664. The molecule has 1 unspecified atom stereocenters. The van der Waals surface area contributed by atoms with Crippen molar-refractivity contribution in [3.8, 4) is 0 Å². The highest BCUT2D eigenvalue weighted by Crippen LogP contribution is 2.20. The first kappa shape index (κ1) is 15.8. The molecule has 0 saturated carbocycles. The molecule has 1 aromatic rings. The lowest BCUT2D eigenvalue weighted by Gasteiger charge is -2.32. The van der Waals surface area contributed by atoms with E-state index >= 15 is 0 Å². The minimum absolute atomic E-state index is 0.664. The van der Waals surface area contributed by atoms with E-state index in [2.05, 4.69) is 27.3 Å². The molecule has 0 aliphatic carbocycles. The Morgan fingerprint density at radius 3 is 2.86 bits per heavy atom. The van der Waals surface area contributed by atoms with Gasteiger partial charge in [0.2, 0.25) is 0 Å². The molecule has 0 amide bonds. The highest BCUT2D eigenvalue weighted by molar-refractivity contribution is 7.09. The largest absolute Gasteiger partial charge is 0.370 e. The lowest BCUT2D eigenvalue weighted by molar-refractivity contribution is 0.172. The summed E-state index contributed by atoms with van der Waals surface area (Å²) in [6.07, 6.45) is 6.43. The van der Waals surface area contributed by atoms with Crippen LogP contribution in [0.2, 0.25) is 0 Å². The van der Waals surface area contributed by atoms with Crippen LogP contribution < -0.4 is 5.73 Å². The molecule has 1 atom stereocenters. The molecule has 2 saturated heterocycles. The molecular weight excluding hydrogens is 292 g/mol. The van der Waals surface area contributed by atoms with Gasteiger partial charge in [-0.05, 0) is 56.0 Å². The normalized spacial score (nSPS) is 24.6. The maximum absolute atomic E-state index is 6.17. The lowest BCUT2D eigenvalue weighted by atomic mass is 9.98. The van der Waals surface area contributed by atoms with Crippen molar-refractivity contribution >= 4 is 17.3 Å². The SMILES string of the molecule is NC(=NCC1CCCN(Cc2cccs2)C1)N1CCCCC1. The zero-order valence-electron chi connectivity index (χ0n) is 13.4. The van der Waals surface area contributed by atoms with Gasteiger partial charge in [0.25, 0.3) is 0 Å². The number of hydrogen-bond donors (Lipinski definition) is 1. The topological polar surface area (TPSA) is 44.9 Å². The van der Waals surface area contributed by atoms with Gasteiger partial charge in [0.05, 0.1) is 0 Å². The fourth-order valence-electron chi connectivity index (χ4n) is 3.51. The smallest absolute Gasteiger partial charge is 0.191 e. The molecule has 0 aromatic carbocycles. The number of rotatable bonds is 4. The van der Waals surface area contributed by atoms with E-state index in [1.807, 2.05) is 11.3 Å². The van der Waals surface area contributed by atoms with Crippen LogP contribution in [0.25, 0.3) is 0 Å². The van der Waals surface area contributed by atoms with Crippen molar-refractivity contribution < 1.29 is 0 Å². The Hall–Kier alpha value is -1.07. The van der Waals surface area contributed by atoms with Crippen LogP contribution in [0.5, 0.6) is 0 Å². The second-order valence-electron chi connectivity index (χ2n) is 6.57. The average molecular weight is 321 g/mol. The van der Waals surface area contributed by atoms with E-state index in [1.165, 1.54) is 43.5 Å². The Bertz CT molecular complexity index is 465. The third kappa shape index (κ3) is 4.46. The summed E-state index contributed by atoms with van der Waals surface area (Å²) >= 11 is 1.86. The standard InChI is InChI=1S/C17H28N4S/c18-17(21-9-2-1-3-10-21)19-12-15-6-4-8-20(13-15)14-16-7-5-11-22-16/h5,7,11,15H,1-4,6,8-10,12-14H2,(H2,18,19). The van der Waals surface area contributed by atoms with Gasteiger partial charge in [-0.25, -0.2) is 0 Å². The van der Waals surface area contributed by atoms with E-state index in [0.29, 0.717) is 5.92 Å². The summed E-state index contributed by atoms with van der Waals surface area (Å²) in [6.45, 7) is 6.55. The summed E-state index contributed by atoms with van der Waals surface area (Å²) in [6, 6.07) is 4.38. The van der Waals surface area contributed by atoms with Crippen LogP contribution in [0.4, 0.5) is 0 Å². The zero-order valence-corrected chi connectivity index (χ0v) is 14.2. The third-order valence-corrected chi connectivity index (χ3v) is 5.62. The summed E-state index contributed by atoms with van der Waals surface area (Å²) in [5, 5.41) is 2.17. The van der Waals surface area contributed by atoms with E-state index in [0.717, 1.165) is 38.7 Å². The van der Waals surface area contributed by atoms with Crippen molar-refractivity contribution in [2.45, 2.75) is 38.6 Å². The fourth-order valence-corrected chi connectivity index (χ4v) is 4.26. The Morgan fingerprint density at radius 2 is 2.09 bits per heavy atom. The quantitative estimate of drug-likeness (QED) is 0.685. The van der Waals surface area contributed by atoms with Crippen LogP contribution >= 0.6 is 11.3 Å². The van der Waals surface area contributed by atoms with Gasteiger partial charge in [0.1, 0.15) is 0 Å². The Morgan fingerprint density at radius 1 is 1.23 bits per heavy atom. The molecule has 2 aliphatic heterocycles. The predicted octanol–water partition coefficient (Wildman–Crippen LogP) is 2.76. The molecule has 0 radical (unpaired) electrons. The number of thiophene rings is 1. The first-order valence-electron chi connectivity index (χ1n) is 8.61. The Kier molecular flexibility index (Phi) is 5.73. The van der Waals surface area contributed by atoms with Crippen LogP contribution in [0.15, 0.2) is 22.5 Å². The van der Waals surface area contributed by atoms with Crippen molar-refractivity contribution in [1.82, 2.24) is 9.80 Å². The monoisotopic (exact) mass is 320 g/mol. The summed E-state index contributed by atoms with van der Waals surface area (Å²) < 4.78 is 0. The van der Waals surface area contributed by atoms with Gasteiger partial charge in [0, 0.05) is 37.6 Å². The number of nitrogens with zero attached hydrogens (tertiary/aromatic N) is 3. The van der Waals surface area contributed by atoms with Gasteiger partial charge in [-0.15, -0.1) is 11.3 Å². The minimum Gasteiger partial charge on any atom is -0.370 e. The molecule has 0 spiro atoms. The number of likely N-dealkylation sites (tertiary alicyclic amines) is 2. The molecule has 1 aromatic heterocycles. The first-order valence-corrected chi connectivity index (χ1v) is 9.49. The molecule has 3 rings (SSSR count). The van der Waals surface area contributed by atoms with Crippen molar-refractivity contribution in [2.24, 2.45) is 16.6 Å². The fraction of sp³-hybridized carbons (Fsp3) is 0.706. The van der Waals surface area contributed by atoms with Gasteiger partial charge in [-0.3, -0.25) is 9.89 Å². The summed E-state index contributed by atoms with van der Waals surface area (Å²) in [4.78, 5) is 11.0. The number of hydrogen-bond acceptors (Lipinski definition) is 3. The third-order valence-electron chi connectivity index (χ3n) is 4.75. The summed E-state index contributed by atoms with van der Waals surface area (Å²) in [5.41, 5.74) is 6.17. The number of aliphatic imine (C=N–C) groups is 1. The van der Waals surface area contributed by atoms with Crippen LogP contribution in [0.1, 0.15) is 37.0 Å². The van der Waals surface area contributed by atoms with E-state index < -0.39 is 0 Å². The molecular formula is C17H28N4S. The van der Waals surface area contributed by atoms with Crippen LogP contribution in [0, 0.1) is 5.92 Å². The van der Waals surface area contributed by atoms with Gasteiger partial charge in [-0.1, -0.05) is 6.07 Å². The number of nitrogens with two attached hydrogens (primary N) is 1. The second-order valence-corrected chi connectivity index (χ2v) is 7.60. The highest BCUT2D eigenvalue weighted by Gasteiger charge is 2.20. The average Bonchev–Trinajstić information content (AvgIpc) is 3.07. The van der Waals surface area contributed by atoms with E-state index in [1.54, 1.807) is 0 Å².